The lowest BCUT2D eigenvalue weighted by Crippen LogP contribution is -1.97. The molecule has 4 heteroatoms. The quantitative estimate of drug-likeness (QED) is 0.241. The predicted octanol–water partition coefficient (Wildman–Crippen LogP) is 8.67. The van der Waals surface area contributed by atoms with Crippen LogP contribution in [0.3, 0.4) is 0 Å². The highest BCUT2D eigenvalue weighted by molar-refractivity contribution is 7.09. The Morgan fingerprint density at radius 3 is 1.97 bits per heavy atom. The van der Waals surface area contributed by atoms with E-state index in [0.29, 0.717) is 0 Å². The zero-order valence-electron chi connectivity index (χ0n) is 18.6. The number of ether oxygens (including phenoxy) is 2. The van der Waals surface area contributed by atoms with Crippen LogP contribution >= 0.6 is 11.3 Å². The summed E-state index contributed by atoms with van der Waals surface area (Å²) in [6, 6.07) is 20.2. The van der Waals surface area contributed by atoms with E-state index in [2.05, 4.69) is 29.8 Å². The third-order valence-corrected chi connectivity index (χ3v) is 6.10. The first-order chi connectivity index (χ1) is 15.3. The minimum absolute atomic E-state index is 0.787. The van der Waals surface area contributed by atoms with Crippen LogP contribution in [0.15, 0.2) is 66.0 Å². The molecule has 1 heterocycles. The van der Waals surface area contributed by atoms with Gasteiger partial charge in [0.2, 0.25) is 0 Å². The van der Waals surface area contributed by atoms with E-state index in [1.807, 2.05) is 48.5 Å². The van der Waals surface area contributed by atoms with Crippen LogP contribution in [0.1, 0.15) is 63.2 Å². The van der Waals surface area contributed by atoms with Gasteiger partial charge >= 0.3 is 0 Å². The molecule has 0 aliphatic carbocycles. The summed E-state index contributed by atoms with van der Waals surface area (Å²) in [6.45, 7) is 3.90. The van der Waals surface area contributed by atoms with Crippen LogP contribution in [-0.2, 0) is 6.54 Å². The van der Waals surface area contributed by atoms with Crippen molar-refractivity contribution >= 4 is 17.0 Å². The van der Waals surface area contributed by atoms with Crippen molar-refractivity contribution in [3.05, 3.63) is 70.9 Å². The molecule has 0 aliphatic heterocycles. The third-order valence-electron chi connectivity index (χ3n) is 5.23. The van der Waals surface area contributed by atoms with Gasteiger partial charge in [-0.05, 0) is 66.4 Å². The maximum absolute atomic E-state index is 5.96. The lowest BCUT2D eigenvalue weighted by Gasteiger charge is -2.10. The first kappa shape index (κ1) is 23.2. The van der Waals surface area contributed by atoms with Gasteiger partial charge < -0.3 is 14.8 Å². The average Bonchev–Trinajstić information content (AvgIpc) is 3.32. The molecular weight excluding hydrogens is 402 g/mol. The fourth-order valence-electron chi connectivity index (χ4n) is 3.41. The van der Waals surface area contributed by atoms with Crippen molar-refractivity contribution in [2.24, 2.45) is 0 Å². The van der Waals surface area contributed by atoms with Crippen molar-refractivity contribution in [2.45, 2.75) is 64.8 Å². The molecular formula is C27H35NO2S. The smallest absolute Gasteiger partial charge is 0.127 e. The molecule has 3 rings (SSSR count). The molecule has 0 bridgehead atoms. The fraction of sp³-hybridized carbons (Fsp3) is 0.407. The van der Waals surface area contributed by atoms with Crippen molar-refractivity contribution in [3.63, 3.8) is 0 Å². The molecule has 0 saturated carbocycles. The summed E-state index contributed by atoms with van der Waals surface area (Å²) in [6.07, 6.45) is 10.5. The first-order valence-corrected chi connectivity index (χ1v) is 12.5. The minimum Gasteiger partial charge on any atom is -0.494 e. The van der Waals surface area contributed by atoms with Crippen molar-refractivity contribution < 1.29 is 9.47 Å². The standard InChI is InChI=1S/C27H35NO2S/c1-2-3-4-5-6-7-8-9-20-29-24-16-18-26(19-17-24)30-25-14-12-23(13-15-25)28-22-27-11-10-21-31-27/h10-19,21,28H,2-9,20,22H2,1H3. The Morgan fingerprint density at radius 1 is 0.710 bits per heavy atom. The van der Waals surface area contributed by atoms with E-state index in [4.69, 9.17) is 9.47 Å². The molecule has 0 fully saturated rings. The minimum atomic E-state index is 0.787. The number of hydrogen-bond acceptors (Lipinski definition) is 4. The summed E-state index contributed by atoms with van der Waals surface area (Å²) in [4.78, 5) is 1.32. The van der Waals surface area contributed by atoms with E-state index >= 15 is 0 Å². The average molecular weight is 438 g/mol. The highest BCUT2D eigenvalue weighted by Gasteiger charge is 2.01. The molecule has 31 heavy (non-hydrogen) atoms. The van der Waals surface area contributed by atoms with Crippen LogP contribution < -0.4 is 14.8 Å². The van der Waals surface area contributed by atoms with Gasteiger partial charge in [0.25, 0.3) is 0 Å². The molecule has 3 nitrogen and oxygen atoms in total. The monoisotopic (exact) mass is 437 g/mol. The van der Waals surface area contributed by atoms with Crippen LogP contribution in [0.5, 0.6) is 17.2 Å². The largest absolute Gasteiger partial charge is 0.494 e. The van der Waals surface area contributed by atoms with Gasteiger partial charge in [-0.15, -0.1) is 11.3 Å². The van der Waals surface area contributed by atoms with Gasteiger partial charge in [-0.2, -0.15) is 0 Å². The molecule has 166 valence electrons. The number of nitrogens with one attached hydrogen (secondary N) is 1. The van der Waals surface area contributed by atoms with Crippen LogP contribution in [0.2, 0.25) is 0 Å². The van der Waals surface area contributed by atoms with E-state index in [-0.39, 0.29) is 0 Å². The molecule has 0 radical (unpaired) electrons. The maximum atomic E-state index is 5.96. The predicted molar refractivity (Wildman–Crippen MR) is 133 cm³/mol. The summed E-state index contributed by atoms with van der Waals surface area (Å²) in [5.74, 6) is 2.55. The van der Waals surface area contributed by atoms with Gasteiger partial charge in [-0.25, -0.2) is 0 Å². The van der Waals surface area contributed by atoms with Gasteiger partial charge in [-0.1, -0.05) is 57.9 Å². The molecule has 0 spiro atoms. The van der Waals surface area contributed by atoms with Crippen molar-refractivity contribution in [2.75, 3.05) is 11.9 Å². The van der Waals surface area contributed by atoms with E-state index < -0.39 is 0 Å². The van der Waals surface area contributed by atoms with Gasteiger partial charge in [0.15, 0.2) is 0 Å². The Hall–Kier alpha value is -2.46. The molecule has 0 saturated heterocycles. The summed E-state index contributed by atoms with van der Waals surface area (Å²) in [5, 5.41) is 5.53. The van der Waals surface area contributed by atoms with Gasteiger partial charge in [0.05, 0.1) is 6.61 Å². The summed E-state index contributed by atoms with van der Waals surface area (Å²) in [7, 11) is 0. The Balaban J connectivity index is 1.31. The fourth-order valence-corrected chi connectivity index (χ4v) is 4.05. The summed E-state index contributed by atoms with van der Waals surface area (Å²) >= 11 is 1.76. The Morgan fingerprint density at radius 2 is 1.32 bits per heavy atom. The molecule has 0 unspecified atom stereocenters. The molecule has 3 aromatic rings. The van der Waals surface area contributed by atoms with E-state index in [1.54, 1.807) is 11.3 Å². The second-order valence-electron chi connectivity index (χ2n) is 7.85. The third kappa shape index (κ3) is 9.06. The highest BCUT2D eigenvalue weighted by atomic mass is 32.1. The molecule has 1 aromatic heterocycles. The Labute approximate surface area is 191 Å². The molecule has 2 aromatic carbocycles. The number of rotatable bonds is 15. The van der Waals surface area contributed by atoms with Crippen LogP contribution in [0.4, 0.5) is 5.69 Å². The molecule has 0 amide bonds. The van der Waals surface area contributed by atoms with Crippen LogP contribution in [0.25, 0.3) is 0 Å². The van der Waals surface area contributed by atoms with E-state index in [9.17, 15) is 0 Å². The van der Waals surface area contributed by atoms with Crippen molar-refractivity contribution in [3.8, 4) is 17.2 Å². The van der Waals surface area contributed by atoms with E-state index in [1.165, 1.54) is 49.8 Å². The van der Waals surface area contributed by atoms with Gasteiger partial charge in [0.1, 0.15) is 17.2 Å². The number of benzene rings is 2. The SMILES string of the molecule is CCCCCCCCCCOc1ccc(Oc2ccc(NCc3cccs3)cc2)cc1. The van der Waals surface area contributed by atoms with Crippen molar-refractivity contribution in [1.82, 2.24) is 0 Å². The van der Waals surface area contributed by atoms with Crippen molar-refractivity contribution in [1.29, 1.82) is 0 Å². The van der Waals surface area contributed by atoms with Crippen LogP contribution in [0, 0.1) is 0 Å². The second kappa shape index (κ2) is 13.8. The molecule has 0 atom stereocenters. The first-order valence-electron chi connectivity index (χ1n) is 11.6. The maximum Gasteiger partial charge on any atom is 0.127 e. The van der Waals surface area contributed by atoms with E-state index in [0.717, 1.165) is 42.5 Å². The molecule has 1 N–H and O–H groups in total. The highest BCUT2D eigenvalue weighted by Crippen LogP contribution is 2.25. The van der Waals surface area contributed by atoms with Crippen LogP contribution in [-0.4, -0.2) is 6.61 Å². The Bertz CT molecular complexity index is 829. The van der Waals surface area contributed by atoms with Gasteiger partial charge in [-0.3, -0.25) is 0 Å². The Kier molecular flexibility index (Phi) is 10.3. The number of thiophene rings is 1. The lowest BCUT2D eigenvalue weighted by molar-refractivity contribution is 0.304. The normalized spacial score (nSPS) is 10.7. The zero-order valence-corrected chi connectivity index (χ0v) is 19.5. The topological polar surface area (TPSA) is 30.5 Å². The number of hydrogen-bond donors (Lipinski definition) is 1. The summed E-state index contributed by atoms with van der Waals surface area (Å²) in [5.41, 5.74) is 1.09. The lowest BCUT2D eigenvalue weighted by atomic mass is 10.1. The second-order valence-corrected chi connectivity index (χ2v) is 8.89. The number of anilines is 1. The number of unbranched alkanes of at least 4 members (excludes halogenated alkanes) is 7. The summed E-state index contributed by atoms with van der Waals surface area (Å²) < 4.78 is 11.8. The van der Waals surface area contributed by atoms with Gasteiger partial charge in [0, 0.05) is 17.1 Å². The zero-order chi connectivity index (χ0) is 21.6. The molecule has 0 aliphatic rings.